The van der Waals surface area contributed by atoms with Crippen molar-refractivity contribution in [2.45, 2.75) is 31.3 Å². The van der Waals surface area contributed by atoms with Crippen molar-refractivity contribution in [3.05, 3.63) is 35.1 Å². The maximum Gasteiger partial charge on any atom is 0.124 e. The summed E-state index contributed by atoms with van der Waals surface area (Å²) in [6.07, 6.45) is 3.71. The van der Waals surface area contributed by atoms with E-state index in [4.69, 9.17) is 11.1 Å². The number of amidine groups is 1. The van der Waals surface area contributed by atoms with Crippen molar-refractivity contribution in [2.24, 2.45) is 5.73 Å². The molecule has 0 atom stereocenters. The number of halogens is 1. The maximum atomic E-state index is 13.6. The minimum absolute atomic E-state index is 0.0952. The fourth-order valence-electron chi connectivity index (χ4n) is 3.10. The normalized spacial score (nSPS) is 17.0. The van der Waals surface area contributed by atoms with Gasteiger partial charge in [-0.15, -0.1) is 0 Å². The third-order valence-electron chi connectivity index (χ3n) is 4.52. The lowest BCUT2D eigenvalue weighted by atomic mass is 9.75. The SMILES string of the molecule is CN(Cc1cc(F)cc(C(=N)N)c1)CC1(N(C)C)CCC1. The lowest BCUT2D eigenvalue weighted by Crippen LogP contribution is -2.56. The lowest BCUT2D eigenvalue weighted by Gasteiger charge is -2.49. The number of likely N-dealkylation sites (N-methyl/N-ethyl adjacent to an activating group) is 2. The number of nitrogens with one attached hydrogen (secondary N) is 1. The summed E-state index contributed by atoms with van der Waals surface area (Å²) >= 11 is 0. The second kappa shape index (κ2) is 6.12. The van der Waals surface area contributed by atoms with E-state index < -0.39 is 0 Å². The molecule has 1 fully saturated rings. The Kier molecular flexibility index (Phi) is 4.64. The molecule has 1 aliphatic rings. The Bertz CT molecular complexity index is 523. The van der Waals surface area contributed by atoms with Crippen LogP contribution in [-0.4, -0.2) is 48.9 Å². The second-order valence-electron chi connectivity index (χ2n) is 6.41. The van der Waals surface area contributed by atoms with Gasteiger partial charge in [-0.25, -0.2) is 4.39 Å². The van der Waals surface area contributed by atoms with Gasteiger partial charge in [0.15, 0.2) is 0 Å². The summed E-state index contributed by atoms with van der Waals surface area (Å²) < 4.78 is 13.6. The summed E-state index contributed by atoms with van der Waals surface area (Å²) in [7, 11) is 6.31. The molecule has 0 heterocycles. The highest BCUT2D eigenvalue weighted by molar-refractivity contribution is 5.95. The molecule has 1 aromatic carbocycles. The van der Waals surface area contributed by atoms with Crippen LogP contribution in [0.25, 0.3) is 0 Å². The quantitative estimate of drug-likeness (QED) is 0.623. The first-order valence-electron chi connectivity index (χ1n) is 7.32. The van der Waals surface area contributed by atoms with Crippen molar-refractivity contribution >= 4 is 5.84 Å². The van der Waals surface area contributed by atoms with Crippen LogP contribution in [0.2, 0.25) is 0 Å². The van der Waals surface area contributed by atoms with Gasteiger partial charge in [-0.2, -0.15) is 0 Å². The van der Waals surface area contributed by atoms with E-state index in [2.05, 4.69) is 30.9 Å². The van der Waals surface area contributed by atoms with Crippen molar-refractivity contribution in [2.75, 3.05) is 27.7 Å². The molecular weight excluding hydrogens is 267 g/mol. The van der Waals surface area contributed by atoms with Crippen molar-refractivity contribution in [3.8, 4) is 0 Å². The predicted molar refractivity (Wildman–Crippen MR) is 84.0 cm³/mol. The summed E-state index contributed by atoms with van der Waals surface area (Å²) in [5.74, 6) is -0.431. The largest absolute Gasteiger partial charge is 0.384 e. The maximum absolute atomic E-state index is 13.6. The number of nitrogens with two attached hydrogens (primary N) is 1. The summed E-state index contributed by atoms with van der Waals surface area (Å²) in [4.78, 5) is 4.53. The molecule has 1 aliphatic carbocycles. The molecule has 2 rings (SSSR count). The van der Waals surface area contributed by atoms with Crippen LogP contribution in [0.1, 0.15) is 30.4 Å². The average Bonchev–Trinajstić information content (AvgIpc) is 2.32. The van der Waals surface area contributed by atoms with E-state index in [9.17, 15) is 4.39 Å². The van der Waals surface area contributed by atoms with Gasteiger partial charge in [0.05, 0.1) is 0 Å². The second-order valence-corrected chi connectivity index (χ2v) is 6.41. The predicted octanol–water partition coefficient (Wildman–Crippen LogP) is 2.03. The number of benzene rings is 1. The minimum atomic E-state index is -0.336. The van der Waals surface area contributed by atoms with E-state index in [1.54, 1.807) is 6.07 Å². The standard InChI is InChI=1S/C16H25FN4/c1-20(2)16(5-4-6-16)11-21(3)10-12-7-13(15(18)19)9-14(17)8-12/h7-9H,4-6,10-11H2,1-3H3,(H3,18,19). The molecule has 0 radical (unpaired) electrons. The Labute approximate surface area is 126 Å². The van der Waals surface area contributed by atoms with Crippen LogP contribution in [-0.2, 0) is 6.54 Å². The third-order valence-corrected chi connectivity index (χ3v) is 4.52. The molecule has 0 saturated heterocycles. The average molecular weight is 292 g/mol. The highest BCUT2D eigenvalue weighted by Gasteiger charge is 2.39. The molecule has 3 N–H and O–H groups in total. The topological polar surface area (TPSA) is 56.4 Å². The fraction of sp³-hybridized carbons (Fsp3) is 0.562. The summed E-state index contributed by atoms with van der Waals surface area (Å²) in [5, 5.41) is 7.44. The number of nitrogen functional groups attached to an aromatic ring is 1. The number of hydrogen-bond donors (Lipinski definition) is 2. The van der Waals surface area contributed by atoms with Crippen LogP contribution in [0.5, 0.6) is 0 Å². The van der Waals surface area contributed by atoms with Crippen molar-refractivity contribution in [3.63, 3.8) is 0 Å². The minimum Gasteiger partial charge on any atom is -0.384 e. The molecule has 1 saturated carbocycles. The molecule has 1 aromatic rings. The van der Waals surface area contributed by atoms with Gasteiger partial charge in [-0.1, -0.05) is 0 Å². The molecular formula is C16H25FN4. The molecule has 4 nitrogen and oxygen atoms in total. The van der Waals surface area contributed by atoms with Crippen LogP contribution in [0.4, 0.5) is 4.39 Å². The molecule has 116 valence electrons. The van der Waals surface area contributed by atoms with E-state index in [0.29, 0.717) is 12.1 Å². The Morgan fingerprint density at radius 2 is 1.95 bits per heavy atom. The summed E-state index contributed by atoms with van der Waals surface area (Å²) in [6.45, 7) is 1.62. The summed E-state index contributed by atoms with van der Waals surface area (Å²) in [6, 6.07) is 4.62. The first-order valence-corrected chi connectivity index (χ1v) is 7.32. The summed E-state index contributed by atoms with van der Waals surface area (Å²) in [5.41, 5.74) is 7.01. The molecule has 5 heteroatoms. The van der Waals surface area contributed by atoms with E-state index in [1.165, 1.54) is 31.4 Å². The van der Waals surface area contributed by atoms with Gasteiger partial charge in [-0.05, 0) is 64.2 Å². The van der Waals surface area contributed by atoms with Gasteiger partial charge in [0.2, 0.25) is 0 Å². The van der Waals surface area contributed by atoms with Crippen molar-refractivity contribution in [1.29, 1.82) is 5.41 Å². The van der Waals surface area contributed by atoms with E-state index in [-0.39, 0.29) is 17.2 Å². The van der Waals surface area contributed by atoms with Crippen molar-refractivity contribution < 1.29 is 4.39 Å². The van der Waals surface area contributed by atoms with Crippen LogP contribution in [0.15, 0.2) is 18.2 Å². The van der Waals surface area contributed by atoms with Gasteiger partial charge in [-0.3, -0.25) is 5.41 Å². The molecule has 0 amide bonds. The van der Waals surface area contributed by atoms with Gasteiger partial charge in [0.1, 0.15) is 11.7 Å². The molecule has 0 spiro atoms. The zero-order valence-corrected chi connectivity index (χ0v) is 13.1. The van der Waals surface area contributed by atoms with E-state index in [1.807, 2.05) is 0 Å². The molecule has 0 aromatic heterocycles. The Morgan fingerprint density at radius 3 is 2.43 bits per heavy atom. The van der Waals surface area contributed by atoms with E-state index in [0.717, 1.165) is 12.1 Å². The van der Waals surface area contributed by atoms with Gasteiger partial charge in [0, 0.05) is 24.2 Å². The van der Waals surface area contributed by atoms with Crippen LogP contribution in [0, 0.1) is 11.2 Å². The van der Waals surface area contributed by atoms with Gasteiger partial charge >= 0.3 is 0 Å². The highest BCUT2D eigenvalue weighted by atomic mass is 19.1. The molecule has 21 heavy (non-hydrogen) atoms. The Balaban J connectivity index is 2.06. The van der Waals surface area contributed by atoms with Gasteiger partial charge in [0.25, 0.3) is 0 Å². The third kappa shape index (κ3) is 3.60. The highest BCUT2D eigenvalue weighted by Crippen LogP contribution is 2.36. The first kappa shape index (κ1) is 15.9. The molecule has 0 unspecified atom stereocenters. The smallest absolute Gasteiger partial charge is 0.124 e. The fourth-order valence-corrected chi connectivity index (χ4v) is 3.10. The molecule has 0 aliphatic heterocycles. The van der Waals surface area contributed by atoms with Crippen LogP contribution < -0.4 is 5.73 Å². The van der Waals surface area contributed by atoms with Gasteiger partial charge < -0.3 is 15.5 Å². The number of rotatable bonds is 6. The van der Waals surface area contributed by atoms with Crippen LogP contribution in [0.3, 0.4) is 0 Å². The Hall–Kier alpha value is -1.46. The zero-order valence-electron chi connectivity index (χ0n) is 13.1. The van der Waals surface area contributed by atoms with Crippen molar-refractivity contribution in [1.82, 2.24) is 9.80 Å². The van der Waals surface area contributed by atoms with Crippen LogP contribution >= 0.6 is 0 Å². The Morgan fingerprint density at radius 1 is 1.29 bits per heavy atom. The number of nitrogens with zero attached hydrogens (tertiary/aromatic N) is 2. The lowest BCUT2D eigenvalue weighted by molar-refractivity contribution is 0.0259. The molecule has 0 bridgehead atoms. The monoisotopic (exact) mass is 292 g/mol. The van der Waals surface area contributed by atoms with E-state index >= 15 is 0 Å². The number of hydrogen-bond acceptors (Lipinski definition) is 3. The first-order chi connectivity index (χ1) is 9.82. The zero-order chi connectivity index (χ0) is 15.6.